The van der Waals surface area contributed by atoms with Crippen molar-refractivity contribution < 1.29 is 9.53 Å². The molecule has 31 heavy (non-hydrogen) atoms. The van der Waals surface area contributed by atoms with Crippen LogP contribution in [0.25, 0.3) is 5.57 Å². The van der Waals surface area contributed by atoms with Gasteiger partial charge in [0.1, 0.15) is 5.60 Å². The van der Waals surface area contributed by atoms with Crippen LogP contribution in [0.15, 0.2) is 24.4 Å². The summed E-state index contributed by atoms with van der Waals surface area (Å²) in [7, 11) is 0. The summed E-state index contributed by atoms with van der Waals surface area (Å²) in [5.74, 6) is 1.17. The van der Waals surface area contributed by atoms with Crippen molar-refractivity contribution in [1.29, 1.82) is 5.41 Å². The molecule has 3 fully saturated rings. The Morgan fingerprint density at radius 2 is 2.03 bits per heavy atom. The van der Waals surface area contributed by atoms with Gasteiger partial charge in [0.2, 0.25) is 0 Å². The van der Waals surface area contributed by atoms with E-state index < -0.39 is 5.60 Å². The van der Waals surface area contributed by atoms with Gasteiger partial charge in [0.05, 0.1) is 5.69 Å². The molecule has 2 saturated carbocycles. The van der Waals surface area contributed by atoms with Crippen molar-refractivity contribution in [3.05, 3.63) is 35.8 Å². The van der Waals surface area contributed by atoms with Crippen LogP contribution in [-0.2, 0) is 4.74 Å². The highest BCUT2D eigenvalue weighted by Crippen LogP contribution is 2.36. The lowest BCUT2D eigenvalue weighted by atomic mass is 9.80. The van der Waals surface area contributed by atoms with Crippen LogP contribution in [-0.4, -0.2) is 53.0 Å². The van der Waals surface area contributed by atoms with E-state index in [1.807, 2.05) is 45.2 Å². The van der Waals surface area contributed by atoms with Crippen molar-refractivity contribution in [2.24, 2.45) is 17.6 Å². The van der Waals surface area contributed by atoms with Gasteiger partial charge in [-0.2, -0.15) is 0 Å². The minimum Gasteiger partial charge on any atom is -0.444 e. The van der Waals surface area contributed by atoms with Gasteiger partial charge in [-0.1, -0.05) is 6.07 Å². The van der Waals surface area contributed by atoms with Crippen molar-refractivity contribution in [1.82, 2.24) is 15.2 Å². The number of rotatable bonds is 7. The highest BCUT2D eigenvalue weighted by molar-refractivity contribution is 6.23. The summed E-state index contributed by atoms with van der Waals surface area (Å²) in [6.45, 7) is 7.62. The summed E-state index contributed by atoms with van der Waals surface area (Å²) in [6, 6.07) is 6.45. The molecule has 0 bridgehead atoms. The van der Waals surface area contributed by atoms with Gasteiger partial charge in [0.25, 0.3) is 0 Å². The Morgan fingerprint density at radius 3 is 2.65 bits per heavy atom. The molecule has 4 rings (SSSR count). The van der Waals surface area contributed by atoms with Gasteiger partial charge in [0.15, 0.2) is 0 Å². The van der Waals surface area contributed by atoms with Crippen molar-refractivity contribution in [3.63, 3.8) is 0 Å². The van der Waals surface area contributed by atoms with E-state index in [0.29, 0.717) is 36.7 Å². The number of nitrogens with two attached hydrogens (primary N) is 1. The van der Waals surface area contributed by atoms with Gasteiger partial charge in [-0.05, 0) is 71.0 Å². The number of ether oxygens (including phenoxy) is 1. The van der Waals surface area contributed by atoms with E-state index in [4.69, 9.17) is 20.9 Å². The fraction of sp³-hybridized carbons (Fsp3) is 0.625. The number of carbonyl (C=O) groups excluding carboxylic acids is 1. The second kappa shape index (κ2) is 8.61. The highest BCUT2D eigenvalue weighted by Gasteiger charge is 2.36. The number of nitrogens with zero attached hydrogens (tertiary/aromatic N) is 2. The maximum Gasteiger partial charge on any atom is 0.410 e. The zero-order valence-electron chi connectivity index (χ0n) is 18.9. The number of nitrogens with one attached hydrogen (secondary N) is 2. The molecule has 2 aliphatic carbocycles. The SMILES string of the molecule is CC(C)(C)OC(=O)N1CC(c2cccc(/C(=C/NC3CC(CN)C3)C(=N)C3CC3)n2)C1. The number of hydrogen-bond donors (Lipinski definition) is 3. The van der Waals surface area contributed by atoms with E-state index in [2.05, 4.69) is 5.32 Å². The van der Waals surface area contributed by atoms with Gasteiger partial charge < -0.3 is 26.1 Å². The molecule has 1 aromatic heterocycles. The molecule has 0 unspecified atom stereocenters. The Bertz CT molecular complexity index is 859. The lowest BCUT2D eigenvalue weighted by molar-refractivity contribution is 0.00787. The number of hydrogen-bond acceptors (Lipinski definition) is 6. The quantitative estimate of drug-likeness (QED) is 0.580. The predicted molar refractivity (Wildman–Crippen MR) is 122 cm³/mol. The summed E-state index contributed by atoms with van der Waals surface area (Å²) in [4.78, 5) is 18.8. The van der Waals surface area contributed by atoms with Gasteiger partial charge in [-0.3, -0.25) is 4.98 Å². The van der Waals surface area contributed by atoms with E-state index in [0.717, 1.165) is 49.2 Å². The van der Waals surface area contributed by atoms with Crippen molar-refractivity contribution in [2.45, 2.75) is 64.0 Å². The van der Waals surface area contributed by atoms with E-state index in [9.17, 15) is 4.79 Å². The fourth-order valence-corrected chi connectivity index (χ4v) is 4.12. The number of pyridine rings is 1. The van der Waals surface area contributed by atoms with Gasteiger partial charge in [-0.25, -0.2) is 4.79 Å². The minimum atomic E-state index is -0.485. The third-order valence-corrected chi connectivity index (χ3v) is 6.31. The van der Waals surface area contributed by atoms with E-state index in [1.54, 1.807) is 4.90 Å². The van der Waals surface area contributed by atoms with Gasteiger partial charge in [-0.15, -0.1) is 0 Å². The van der Waals surface area contributed by atoms with Crippen LogP contribution in [0.2, 0.25) is 0 Å². The fourth-order valence-electron chi connectivity index (χ4n) is 4.12. The van der Waals surface area contributed by atoms with Crippen LogP contribution in [0, 0.1) is 17.2 Å². The number of allylic oxidation sites excluding steroid dienone is 1. The molecule has 3 aliphatic rings. The average Bonchev–Trinajstić information content (AvgIpc) is 3.46. The highest BCUT2D eigenvalue weighted by atomic mass is 16.6. The molecule has 1 aliphatic heterocycles. The first-order valence-electron chi connectivity index (χ1n) is 11.4. The van der Waals surface area contributed by atoms with Gasteiger partial charge in [0, 0.05) is 54.1 Å². The normalized spacial score (nSPS) is 24.3. The second-order valence-electron chi connectivity index (χ2n) is 10.2. The topological polar surface area (TPSA) is 104 Å². The molecule has 2 heterocycles. The molecule has 1 amide bonds. The summed E-state index contributed by atoms with van der Waals surface area (Å²) in [5, 5.41) is 12.2. The Balaban J connectivity index is 1.42. The minimum absolute atomic E-state index is 0.203. The van der Waals surface area contributed by atoms with E-state index in [1.165, 1.54) is 0 Å². The zero-order valence-corrected chi connectivity index (χ0v) is 18.9. The summed E-state index contributed by atoms with van der Waals surface area (Å²) in [5.41, 5.74) is 8.64. The number of amides is 1. The standard InChI is InChI=1S/C24H35N5O2/c1-24(2,3)31-23(30)29-13-17(14-29)20-5-4-6-21(28-20)19(22(26)16-7-8-16)12-27-18-9-15(10-18)11-25/h4-6,12,15-18,26-27H,7-11,13-14,25H2,1-3H3/b19-12-,26-22?. The first kappa shape index (κ1) is 21.8. The van der Waals surface area contributed by atoms with Crippen LogP contribution >= 0.6 is 0 Å². The number of likely N-dealkylation sites (tertiary alicyclic amines) is 1. The second-order valence-corrected chi connectivity index (χ2v) is 10.2. The molecule has 1 saturated heterocycles. The van der Waals surface area contributed by atoms with Crippen LogP contribution in [0.1, 0.15) is 63.8 Å². The maximum atomic E-state index is 12.2. The lowest BCUT2D eigenvalue weighted by Gasteiger charge is -2.39. The molecule has 1 aromatic rings. The average molecular weight is 426 g/mol. The molecular weight excluding hydrogens is 390 g/mol. The molecule has 0 aromatic carbocycles. The molecular formula is C24H35N5O2. The molecule has 7 heteroatoms. The van der Waals surface area contributed by atoms with Crippen LogP contribution < -0.4 is 11.1 Å². The Labute approximate surface area is 184 Å². The molecule has 0 spiro atoms. The van der Waals surface area contributed by atoms with Crippen LogP contribution in [0.5, 0.6) is 0 Å². The third-order valence-electron chi connectivity index (χ3n) is 6.31. The summed E-state index contributed by atoms with van der Waals surface area (Å²) < 4.78 is 5.45. The van der Waals surface area contributed by atoms with Crippen LogP contribution in [0.3, 0.4) is 0 Å². The predicted octanol–water partition coefficient (Wildman–Crippen LogP) is 3.51. The Kier molecular flexibility index (Phi) is 6.06. The Hall–Kier alpha value is -2.41. The first-order valence-corrected chi connectivity index (χ1v) is 11.4. The maximum absolute atomic E-state index is 12.2. The largest absolute Gasteiger partial charge is 0.444 e. The third kappa shape index (κ3) is 5.26. The Morgan fingerprint density at radius 1 is 1.32 bits per heavy atom. The zero-order chi connectivity index (χ0) is 22.2. The van der Waals surface area contributed by atoms with E-state index in [-0.39, 0.29) is 12.0 Å². The monoisotopic (exact) mass is 425 g/mol. The smallest absolute Gasteiger partial charge is 0.410 e. The molecule has 0 radical (unpaired) electrons. The van der Waals surface area contributed by atoms with Crippen molar-refractivity contribution in [2.75, 3.05) is 19.6 Å². The van der Waals surface area contributed by atoms with Crippen LogP contribution in [0.4, 0.5) is 4.79 Å². The van der Waals surface area contributed by atoms with E-state index >= 15 is 0 Å². The summed E-state index contributed by atoms with van der Waals surface area (Å²) in [6.07, 6.45) is 6.08. The molecule has 7 nitrogen and oxygen atoms in total. The van der Waals surface area contributed by atoms with Crippen molar-refractivity contribution in [3.8, 4) is 0 Å². The first-order chi connectivity index (χ1) is 14.7. The lowest BCUT2D eigenvalue weighted by Crippen LogP contribution is -2.50. The number of carbonyl (C=O) groups is 1. The summed E-state index contributed by atoms with van der Waals surface area (Å²) >= 11 is 0. The molecule has 4 N–H and O–H groups in total. The molecule has 168 valence electrons. The van der Waals surface area contributed by atoms with Gasteiger partial charge >= 0.3 is 6.09 Å². The molecule has 0 atom stereocenters. The number of aromatic nitrogens is 1. The van der Waals surface area contributed by atoms with Crippen molar-refractivity contribution >= 4 is 17.4 Å².